The number of rotatable bonds is 4. The van der Waals surface area contributed by atoms with Crippen LogP contribution in [0.15, 0.2) is 110 Å². The van der Waals surface area contributed by atoms with E-state index in [1.54, 1.807) is 41.6 Å². The molecule has 2 aromatic heterocycles. The highest BCUT2D eigenvalue weighted by atomic mass is 35.5. The van der Waals surface area contributed by atoms with E-state index in [9.17, 15) is 9.59 Å². The summed E-state index contributed by atoms with van der Waals surface area (Å²) in [6.45, 7) is 1.13. The van der Waals surface area contributed by atoms with Crippen LogP contribution >= 0.6 is 11.6 Å². The van der Waals surface area contributed by atoms with E-state index < -0.39 is 0 Å². The van der Waals surface area contributed by atoms with Gasteiger partial charge in [-0.2, -0.15) is 0 Å². The number of amides is 2. The van der Waals surface area contributed by atoms with Gasteiger partial charge in [0.1, 0.15) is 0 Å². The minimum absolute atomic E-state index is 0.196. The lowest BCUT2D eigenvalue weighted by atomic mass is 10.00. The number of nitrogens with one attached hydrogen (secondary N) is 1. The number of hydrogen-bond donors (Lipinski definition) is 1. The Kier molecular flexibility index (Phi) is 6.23. The lowest BCUT2D eigenvalue weighted by molar-refractivity contribution is 0.0984. The zero-order valence-corrected chi connectivity index (χ0v) is 21.1. The number of carbonyl (C=O) groups is 2. The molecule has 1 aliphatic heterocycles. The Balaban J connectivity index is 1.27. The van der Waals surface area contributed by atoms with Crippen molar-refractivity contribution in [2.45, 2.75) is 13.1 Å². The molecule has 6 rings (SSSR count). The number of para-hydroxylation sites is 1. The molecule has 0 saturated carbocycles. The number of hydrogen-bond acceptors (Lipinski definition) is 3. The van der Waals surface area contributed by atoms with Crippen molar-refractivity contribution in [1.29, 1.82) is 0 Å². The molecule has 0 saturated heterocycles. The van der Waals surface area contributed by atoms with E-state index >= 15 is 0 Å². The molecule has 0 bridgehead atoms. The second kappa shape index (κ2) is 10.00. The summed E-state index contributed by atoms with van der Waals surface area (Å²) in [4.78, 5) is 32.8. The summed E-state index contributed by atoms with van der Waals surface area (Å²) in [6.07, 6.45) is 5.41. The summed E-state index contributed by atoms with van der Waals surface area (Å²) in [7, 11) is 0. The van der Waals surface area contributed by atoms with Gasteiger partial charge in [-0.05, 0) is 71.3 Å². The molecule has 7 heteroatoms. The van der Waals surface area contributed by atoms with Crippen LogP contribution in [0.1, 0.15) is 32.0 Å². The summed E-state index contributed by atoms with van der Waals surface area (Å²) in [5.41, 5.74) is 6.07. The van der Waals surface area contributed by atoms with Crippen molar-refractivity contribution in [3.63, 3.8) is 0 Å². The summed E-state index contributed by atoms with van der Waals surface area (Å²) >= 11 is 6.64. The fourth-order valence-corrected chi connectivity index (χ4v) is 5.10. The molecule has 3 heterocycles. The number of halogens is 1. The third-order valence-electron chi connectivity index (χ3n) is 6.73. The number of benzene rings is 3. The maximum Gasteiger partial charge on any atom is 0.260 e. The average Bonchev–Trinajstić information content (AvgIpc) is 3.32. The van der Waals surface area contributed by atoms with Crippen LogP contribution in [0, 0.1) is 0 Å². The van der Waals surface area contributed by atoms with Gasteiger partial charge in [-0.1, -0.05) is 48.0 Å². The highest BCUT2D eigenvalue weighted by Crippen LogP contribution is 2.32. The molecular formula is C31H23ClN4O2. The quantitative estimate of drug-likeness (QED) is 0.289. The first-order valence-electron chi connectivity index (χ1n) is 12.2. The first-order chi connectivity index (χ1) is 18.6. The Morgan fingerprint density at radius 3 is 2.45 bits per heavy atom. The van der Waals surface area contributed by atoms with Crippen molar-refractivity contribution in [2.24, 2.45) is 0 Å². The lowest BCUT2D eigenvalue weighted by Crippen LogP contribution is -2.30. The van der Waals surface area contributed by atoms with Crippen LogP contribution in [-0.2, 0) is 13.1 Å². The molecule has 0 fully saturated rings. The first kappa shape index (κ1) is 23.7. The third-order valence-corrected chi connectivity index (χ3v) is 7.04. The van der Waals surface area contributed by atoms with Gasteiger partial charge in [-0.15, -0.1) is 0 Å². The van der Waals surface area contributed by atoms with E-state index in [0.717, 1.165) is 28.1 Å². The van der Waals surface area contributed by atoms with Crippen molar-refractivity contribution >= 4 is 34.8 Å². The third kappa shape index (κ3) is 4.46. The molecule has 3 aromatic carbocycles. The minimum Gasteiger partial charge on any atom is -0.345 e. The molecule has 0 atom stereocenters. The van der Waals surface area contributed by atoms with E-state index in [1.807, 2.05) is 72.9 Å². The SMILES string of the molecule is O=C(Nc1ccc(C(=O)N2Cc3cccn3Cc3ccccc32)c(Cl)c1)c1ccccc1-c1ccncc1. The molecule has 0 radical (unpaired) electrons. The van der Waals surface area contributed by atoms with Gasteiger partial charge in [0.15, 0.2) is 0 Å². The molecule has 186 valence electrons. The van der Waals surface area contributed by atoms with Gasteiger partial charge in [0.05, 0.1) is 17.1 Å². The van der Waals surface area contributed by atoms with E-state index in [0.29, 0.717) is 29.9 Å². The van der Waals surface area contributed by atoms with E-state index in [-0.39, 0.29) is 16.8 Å². The van der Waals surface area contributed by atoms with E-state index in [1.165, 1.54) is 0 Å². The smallest absolute Gasteiger partial charge is 0.260 e. The van der Waals surface area contributed by atoms with Crippen molar-refractivity contribution in [3.05, 3.63) is 137 Å². The van der Waals surface area contributed by atoms with Gasteiger partial charge in [0, 0.05) is 47.8 Å². The number of aromatic nitrogens is 2. The molecule has 1 N–H and O–H groups in total. The van der Waals surface area contributed by atoms with Crippen LogP contribution in [0.4, 0.5) is 11.4 Å². The van der Waals surface area contributed by atoms with Gasteiger partial charge in [0.25, 0.3) is 11.8 Å². The summed E-state index contributed by atoms with van der Waals surface area (Å²) < 4.78 is 2.15. The number of carbonyl (C=O) groups excluding carboxylic acids is 2. The second-order valence-corrected chi connectivity index (χ2v) is 9.48. The van der Waals surface area contributed by atoms with Crippen molar-refractivity contribution < 1.29 is 9.59 Å². The fraction of sp³-hybridized carbons (Fsp3) is 0.0645. The van der Waals surface area contributed by atoms with Gasteiger partial charge < -0.3 is 14.8 Å². The number of anilines is 2. The van der Waals surface area contributed by atoms with E-state index in [2.05, 4.69) is 14.9 Å². The predicted octanol–water partition coefficient (Wildman–Crippen LogP) is 6.66. The van der Waals surface area contributed by atoms with Crippen molar-refractivity contribution in [1.82, 2.24) is 9.55 Å². The zero-order chi connectivity index (χ0) is 26.1. The van der Waals surface area contributed by atoms with Crippen LogP contribution in [0.5, 0.6) is 0 Å². The van der Waals surface area contributed by atoms with Crippen LogP contribution in [0.25, 0.3) is 11.1 Å². The second-order valence-electron chi connectivity index (χ2n) is 9.08. The first-order valence-corrected chi connectivity index (χ1v) is 12.6. The highest BCUT2D eigenvalue weighted by Gasteiger charge is 2.26. The van der Waals surface area contributed by atoms with Crippen LogP contribution in [-0.4, -0.2) is 21.4 Å². The van der Waals surface area contributed by atoms with Gasteiger partial charge in [-0.3, -0.25) is 14.6 Å². The van der Waals surface area contributed by atoms with Crippen molar-refractivity contribution in [3.8, 4) is 11.1 Å². The fourth-order valence-electron chi connectivity index (χ4n) is 4.84. The maximum atomic E-state index is 13.8. The number of nitrogens with zero attached hydrogens (tertiary/aromatic N) is 3. The van der Waals surface area contributed by atoms with Crippen LogP contribution in [0.2, 0.25) is 5.02 Å². The molecule has 0 unspecified atom stereocenters. The summed E-state index contributed by atoms with van der Waals surface area (Å²) in [6, 6.07) is 28.0. The lowest BCUT2D eigenvalue weighted by Gasteiger charge is -2.23. The largest absolute Gasteiger partial charge is 0.345 e. The Bertz CT molecular complexity index is 1660. The highest BCUT2D eigenvalue weighted by molar-refractivity contribution is 6.35. The molecule has 0 aliphatic carbocycles. The monoisotopic (exact) mass is 518 g/mol. The van der Waals surface area contributed by atoms with Gasteiger partial charge in [0.2, 0.25) is 0 Å². The zero-order valence-electron chi connectivity index (χ0n) is 20.3. The molecule has 2 amide bonds. The molecule has 1 aliphatic rings. The molecular weight excluding hydrogens is 496 g/mol. The summed E-state index contributed by atoms with van der Waals surface area (Å²) in [5.74, 6) is -0.465. The normalized spacial score (nSPS) is 12.3. The number of pyridine rings is 1. The van der Waals surface area contributed by atoms with E-state index in [4.69, 9.17) is 11.6 Å². The van der Waals surface area contributed by atoms with Crippen LogP contribution < -0.4 is 10.2 Å². The van der Waals surface area contributed by atoms with Crippen LogP contribution in [0.3, 0.4) is 0 Å². The Morgan fingerprint density at radius 2 is 1.61 bits per heavy atom. The molecule has 6 nitrogen and oxygen atoms in total. The standard InChI is InChI=1S/C31H23ClN4O2/c32-28-18-23(34-30(37)26-9-3-2-8-25(26)21-13-15-33-16-14-21)11-12-27(28)31(38)36-20-24-7-5-17-35(24)19-22-6-1-4-10-29(22)36/h1-18H,19-20H2,(H,34,37). The maximum absolute atomic E-state index is 13.8. The van der Waals surface area contributed by atoms with Gasteiger partial charge in [-0.25, -0.2) is 0 Å². The topological polar surface area (TPSA) is 67.2 Å². The predicted molar refractivity (Wildman–Crippen MR) is 150 cm³/mol. The number of fused-ring (bicyclic) bond motifs is 2. The Hall–Kier alpha value is -4.68. The molecule has 0 spiro atoms. The molecule has 5 aromatic rings. The van der Waals surface area contributed by atoms with Gasteiger partial charge >= 0.3 is 0 Å². The molecule has 38 heavy (non-hydrogen) atoms. The van der Waals surface area contributed by atoms with Crippen molar-refractivity contribution in [2.75, 3.05) is 10.2 Å². The average molecular weight is 519 g/mol. The Labute approximate surface area is 225 Å². The minimum atomic E-state index is -0.269. The summed E-state index contributed by atoms with van der Waals surface area (Å²) in [5, 5.41) is 3.19. The Morgan fingerprint density at radius 1 is 0.816 bits per heavy atom.